The van der Waals surface area contributed by atoms with E-state index in [1.807, 2.05) is 23.1 Å². The molecule has 0 spiro atoms. The fraction of sp³-hybridized carbons (Fsp3) is 0.438. The molecule has 1 fully saturated rings. The van der Waals surface area contributed by atoms with Crippen LogP contribution in [0.2, 0.25) is 0 Å². The molecule has 108 valence electrons. The number of nitrogens with one attached hydrogen (secondary N) is 1. The van der Waals surface area contributed by atoms with E-state index in [9.17, 15) is 4.79 Å². The van der Waals surface area contributed by atoms with Gasteiger partial charge in [0.25, 0.3) is 0 Å². The number of hydrogen-bond donors (Lipinski definition) is 1. The summed E-state index contributed by atoms with van der Waals surface area (Å²) < 4.78 is 5.74. The first-order valence-corrected chi connectivity index (χ1v) is 7.09. The van der Waals surface area contributed by atoms with Gasteiger partial charge in [0.15, 0.2) is 0 Å². The van der Waals surface area contributed by atoms with Gasteiger partial charge in [-0.05, 0) is 18.4 Å². The lowest BCUT2D eigenvalue weighted by Gasteiger charge is -2.33. The summed E-state index contributed by atoms with van der Waals surface area (Å²) in [6, 6.07) is 10.3. The van der Waals surface area contributed by atoms with Crippen LogP contribution >= 0.6 is 0 Å². The minimum atomic E-state index is -0.0297. The molecule has 1 unspecified atom stereocenters. The van der Waals surface area contributed by atoms with Crippen molar-refractivity contribution in [1.29, 1.82) is 0 Å². The second-order valence-corrected chi connectivity index (χ2v) is 4.94. The highest BCUT2D eigenvalue weighted by atomic mass is 16.5. The van der Waals surface area contributed by atoms with Crippen LogP contribution in [0.4, 0.5) is 4.79 Å². The van der Waals surface area contributed by atoms with E-state index in [-0.39, 0.29) is 12.1 Å². The van der Waals surface area contributed by atoms with Gasteiger partial charge in [0, 0.05) is 19.6 Å². The maximum atomic E-state index is 11.9. The number of benzene rings is 1. The summed E-state index contributed by atoms with van der Waals surface area (Å²) in [6.07, 6.45) is 3.73. The van der Waals surface area contributed by atoms with Crippen molar-refractivity contribution in [2.24, 2.45) is 0 Å². The van der Waals surface area contributed by atoms with E-state index in [2.05, 4.69) is 24.0 Å². The molecule has 1 N–H and O–H groups in total. The lowest BCUT2D eigenvalue weighted by Crippen LogP contribution is -2.49. The SMILES string of the molecule is C=CCNC(=O)N1CCOC(CCc2ccccc2)C1. The van der Waals surface area contributed by atoms with Crippen LogP contribution in [0.25, 0.3) is 0 Å². The quantitative estimate of drug-likeness (QED) is 0.836. The zero-order valence-electron chi connectivity index (χ0n) is 11.8. The van der Waals surface area contributed by atoms with Crippen LogP contribution in [-0.2, 0) is 11.2 Å². The summed E-state index contributed by atoms with van der Waals surface area (Å²) in [5.41, 5.74) is 1.31. The van der Waals surface area contributed by atoms with Crippen LogP contribution in [0.1, 0.15) is 12.0 Å². The first-order chi connectivity index (χ1) is 9.79. The Morgan fingerprint density at radius 1 is 1.45 bits per heavy atom. The van der Waals surface area contributed by atoms with E-state index in [1.54, 1.807) is 6.08 Å². The summed E-state index contributed by atoms with van der Waals surface area (Å²) >= 11 is 0. The smallest absolute Gasteiger partial charge is 0.317 e. The Kier molecular flexibility index (Phi) is 5.62. The van der Waals surface area contributed by atoms with Crippen molar-refractivity contribution in [3.05, 3.63) is 48.6 Å². The summed E-state index contributed by atoms with van der Waals surface area (Å²) in [5.74, 6) is 0. The van der Waals surface area contributed by atoms with Gasteiger partial charge < -0.3 is 15.0 Å². The molecular formula is C16H22N2O2. The number of urea groups is 1. The van der Waals surface area contributed by atoms with Crippen molar-refractivity contribution in [2.75, 3.05) is 26.2 Å². The number of hydrogen-bond acceptors (Lipinski definition) is 2. The fourth-order valence-electron chi connectivity index (χ4n) is 2.32. The summed E-state index contributed by atoms with van der Waals surface area (Å²) in [5, 5.41) is 2.81. The Bertz CT molecular complexity index is 433. The van der Waals surface area contributed by atoms with Crippen molar-refractivity contribution in [3.8, 4) is 0 Å². The third-order valence-corrected chi connectivity index (χ3v) is 3.42. The van der Waals surface area contributed by atoms with E-state index in [4.69, 9.17) is 4.74 Å². The molecule has 1 aromatic carbocycles. The lowest BCUT2D eigenvalue weighted by atomic mass is 10.1. The van der Waals surface area contributed by atoms with E-state index in [1.165, 1.54) is 5.56 Å². The van der Waals surface area contributed by atoms with Gasteiger partial charge in [-0.25, -0.2) is 4.79 Å². The molecule has 1 saturated heterocycles. The average molecular weight is 274 g/mol. The van der Waals surface area contributed by atoms with Gasteiger partial charge in [-0.3, -0.25) is 0 Å². The van der Waals surface area contributed by atoms with Crippen molar-refractivity contribution in [3.63, 3.8) is 0 Å². The van der Waals surface area contributed by atoms with Gasteiger partial charge in [0.2, 0.25) is 0 Å². The van der Waals surface area contributed by atoms with Crippen LogP contribution < -0.4 is 5.32 Å². The third-order valence-electron chi connectivity index (χ3n) is 3.42. The number of morpholine rings is 1. The predicted molar refractivity (Wildman–Crippen MR) is 79.7 cm³/mol. The largest absolute Gasteiger partial charge is 0.375 e. The van der Waals surface area contributed by atoms with E-state index < -0.39 is 0 Å². The molecule has 1 aliphatic heterocycles. The number of nitrogens with zero attached hydrogens (tertiary/aromatic N) is 1. The van der Waals surface area contributed by atoms with Gasteiger partial charge in [-0.1, -0.05) is 36.4 Å². The zero-order chi connectivity index (χ0) is 14.2. The molecule has 1 atom stereocenters. The molecule has 1 aliphatic rings. The lowest BCUT2D eigenvalue weighted by molar-refractivity contribution is -0.0175. The van der Waals surface area contributed by atoms with Crippen LogP contribution in [0.15, 0.2) is 43.0 Å². The van der Waals surface area contributed by atoms with Crippen molar-refractivity contribution < 1.29 is 9.53 Å². The van der Waals surface area contributed by atoms with Gasteiger partial charge in [-0.2, -0.15) is 0 Å². The molecule has 2 rings (SSSR count). The molecule has 4 nitrogen and oxygen atoms in total. The number of carbonyl (C=O) groups is 1. The monoisotopic (exact) mass is 274 g/mol. The Morgan fingerprint density at radius 2 is 2.25 bits per heavy atom. The fourth-order valence-corrected chi connectivity index (χ4v) is 2.32. The highest BCUT2D eigenvalue weighted by Crippen LogP contribution is 2.12. The predicted octanol–water partition coefficient (Wildman–Crippen LogP) is 2.22. The molecule has 2 amide bonds. The summed E-state index contributed by atoms with van der Waals surface area (Å²) in [6.45, 7) is 6.03. The van der Waals surface area contributed by atoms with Gasteiger partial charge in [0.1, 0.15) is 0 Å². The third kappa shape index (κ3) is 4.38. The Hall–Kier alpha value is -1.81. The maximum absolute atomic E-state index is 11.9. The standard InChI is InChI=1S/C16H22N2O2/c1-2-10-17-16(19)18-11-12-20-15(13-18)9-8-14-6-4-3-5-7-14/h2-7,15H,1,8-13H2,(H,17,19). The summed E-state index contributed by atoms with van der Waals surface area (Å²) in [7, 11) is 0. The molecule has 1 heterocycles. The van der Waals surface area contributed by atoms with Crippen LogP contribution in [-0.4, -0.2) is 43.3 Å². The number of aryl methyl sites for hydroxylation is 1. The molecule has 0 saturated carbocycles. The number of ether oxygens (including phenoxy) is 1. The normalized spacial score (nSPS) is 18.6. The molecule has 0 aliphatic carbocycles. The Morgan fingerprint density at radius 3 is 3.00 bits per heavy atom. The minimum Gasteiger partial charge on any atom is -0.375 e. The highest BCUT2D eigenvalue weighted by molar-refractivity contribution is 5.74. The van der Waals surface area contributed by atoms with Crippen LogP contribution in [0.5, 0.6) is 0 Å². The molecule has 1 aromatic rings. The van der Waals surface area contributed by atoms with E-state index >= 15 is 0 Å². The molecule has 4 heteroatoms. The summed E-state index contributed by atoms with van der Waals surface area (Å²) in [4.78, 5) is 13.7. The number of rotatable bonds is 5. The van der Waals surface area contributed by atoms with Gasteiger partial charge >= 0.3 is 6.03 Å². The average Bonchev–Trinajstić information content (AvgIpc) is 2.52. The maximum Gasteiger partial charge on any atom is 0.317 e. The zero-order valence-corrected chi connectivity index (χ0v) is 11.8. The Labute approximate surface area is 120 Å². The minimum absolute atomic E-state index is 0.0297. The first-order valence-electron chi connectivity index (χ1n) is 7.09. The van der Waals surface area contributed by atoms with Crippen molar-refractivity contribution in [2.45, 2.75) is 18.9 Å². The molecular weight excluding hydrogens is 252 g/mol. The second kappa shape index (κ2) is 7.70. The van der Waals surface area contributed by atoms with E-state index in [0.29, 0.717) is 26.2 Å². The van der Waals surface area contributed by atoms with Crippen molar-refractivity contribution >= 4 is 6.03 Å². The topological polar surface area (TPSA) is 41.6 Å². The molecule has 20 heavy (non-hydrogen) atoms. The van der Waals surface area contributed by atoms with Crippen LogP contribution in [0.3, 0.4) is 0 Å². The van der Waals surface area contributed by atoms with Gasteiger partial charge in [0.05, 0.1) is 12.7 Å². The van der Waals surface area contributed by atoms with Gasteiger partial charge in [-0.15, -0.1) is 6.58 Å². The van der Waals surface area contributed by atoms with E-state index in [0.717, 1.165) is 12.8 Å². The number of carbonyl (C=O) groups excluding carboxylic acids is 1. The molecule has 0 aromatic heterocycles. The highest BCUT2D eigenvalue weighted by Gasteiger charge is 2.23. The first kappa shape index (κ1) is 14.6. The Balaban J connectivity index is 1.78. The van der Waals surface area contributed by atoms with Crippen LogP contribution in [0, 0.1) is 0 Å². The second-order valence-electron chi connectivity index (χ2n) is 4.94. The molecule has 0 radical (unpaired) electrons. The van der Waals surface area contributed by atoms with Crippen molar-refractivity contribution in [1.82, 2.24) is 10.2 Å². The number of amides is 2. The molecule has 0 bridgehead atoms.